The fourth-order valence-corrected chi connectivity index (χ4v) is 2.69. The van der Waals surface area contributed by atoms with Gasteiger partial charge in [-0.05, 0) is 25.0 Å². The van der Waals surface area contributed by atoms with Crippen molar-refractivity contribution in [3.8, 4) is 0 Å². The zero-order valence-electron chi connectivity index (χ0n) is 11.3. The SMILES string of the molecule is Cc1ccc2c(CC(=O)Nc3nccs3)coc2c1C. The molecule has 20 heavy (non-hydrogen) atoms. The van der Waals surface area contributed by atoms with Crippen LogP contribution in [0, 0.1) is 13.8 Å². The Labute approximate surface area is 120 Å². The van der Waals surface area contributed by atoms with E-state index in [1.807, 2.05) is 25.3 Å². The molecule has 0 aliphatic carbocycles. The van der Waals surface area contributed by atoms with E-state index < -0.39 is 0 Å². The molecule has 2 aromatic heterocycles. The quantitative estimate of drug-likeness (QED) is 0.799. The minimum absolute atomic E-state index is 0.0825. The third-order valence-corrected chi connectivity index (χ3v) is 4.06. The maximum atomic E-state index is 12.0. The number of nitrogens with one attached hydrogen (secondary N) is 1. The summed E-state index contributed by atoms with van der Waals surface area (Å²) >= 11 is 1.41. The molecule has 3 rings (SSSR count). The first kappa shape index (κ1) is 12.9. The van der Waals surface area contributed by atoms with Gasteiger partial charge in [-0.3, -0.25) is 4.79 Å². The van der Waals surface area contributed by atoms with Gasteiger partial charge < -0.3 is 9.73 Å². The van der Waals surface area contributed by atoms with E-state index in [9.17, 15) is 4.79 Å². The van der Waals surface area contributed by atoms with Gasteiger partial charge >= 0.3 is 0 Å². The minimum atomic E-state index is -0.0825. The van der Waals surface area contributed by atoms with Crippen molar-refractivity contribution in [3.63, 3.8) is 0 Å². The summed E-state index contributed by atoms with van der Waals surface area (Å²) in [6.07, 6.45) is 3.62. The number of benzene rings is 1. The number of carbonyl (C=O) groups excluding carboxylic acids is 1. The zero-order valence-corrected chi connectivity index (χ0v) is 12.1. The number of fused-ring (bicyclic) bond motifs is 1. The van der Waals surface area contributed by atoms with Crippen molar-refractivity contribution in [2.24, 2.45) is 0 Å². The van der Waals surface area contributed by atoms with Crippen LogP contribution in [0.1, 0.15) is 16.7 Å². The molecule has 1 N–H and O–H groups in total. The lowest BCUT2D eigenvalue weighted by molar-refractivity contribution is -0.115. The first-order valence-corrected chi connectivity index (χ1v) is 7.19. The number of amides is 1. The molecule has 0 radical (unpaired) electrons. The van der Waals surface area contributed by atoms with Crippen LogP contribution in [-0.2, 0) is 11.2 Å². The number of rotatable bonds is 3. The zero-order chi connectivity index (χ0) is 14.1. The van der Waals surface area contributed by atoms with Gasteiger partial charge in [-0.2, -0.15) is 0 Å². The molecule has 0 saturated heterocycles. The molecule has 4 nitrogen and oxygen atoms in total. The molecule has 0 aliphatic heterocycles. The summed E-state index contributed by atoms with van der Waals surface area (Å²) in [5, 5.41) is 6.23. The molecule has 0 saturated carbocycles. The van der Waals surface area contributed by atoms with Gasteiger partial charge in [-0.25, -0.2) is 4.98 Å². The van der Waals surface area contributed by atoms with Gasteiger partial charge in [0.05, 0.1) is 12.7 Å². The smallest absolute Gasteiger partial charge is 0.230 e. The molecule has 0 unspecified atom stereocenters. The number of furan rings is 1. The standard InChI is InChI=1S/C15H14N2O2S/c1-9-3-4-12-11(8-19-14(12)10(9)2)7-13(18)17-15-16-5-6-20-15/h3-6,8H,7H2,1-2H3,(H,16,17,18). The molecule has 0 aliphatic rings. The van der Waals surface area contributed by atoms with E-state index in [0.29, 0.717) is 5.13 Å². The van der Waals surface area contributed by atoms with Gasteiger partial charge in [0.15, 0.2) is 5.13 Å². The van der Waals surface area contributed by atoms with Gasteiger partial charge in [0.1, 0.15) is 5.58 Å². The molecule has 3 aromatic rings. The Bertz CT molecular complexity index is 760. The van der Waals surface area contributed by atoms with E-state index in [-0.39, 0.29) is 12.3 Å². The van der Waals surface area contributed by atoms with Crippen LogP contribution in [0.5, 0.6) is 0 Å². The van der Waals surface area contributed by atoms with Crippen LogP contribution in [0.25, 0.3) is 11.0 Å². The highest BCUT2D eigenvalue weighted by molar-refractivity contribution is 7.13. The normalized spacial score (nSPS) is 10.9. The number of carbonyl (C=O) groups is 1. The van der Waals surface area contributed by atoms with Gasteiger partial charge in [0.2, 0.25) is 5.91 Å². The molecule has 0 bridgehead atoms. The maximum absolute atomic E-state index is 12.0. The van der Waals surface area contributed by atoms with Crippen molar-refractivity contribution in [2.45, 2.75) is 20.3 Å². The molecular formula is C15H14N2O2S. The summed E-state index contributed by atoms with van der Waals surface area (Å²) in [5.74, 6) is -0.0825. The van der Waals surface area contributed by atoms with E-state index in [0.717, 1.165) is 22.1 Å². The van der Waals surface area contributed by atoms with Crippen molar-refractivity contribution >= 4 is 33.3 Å². The van der Waals surface area contributed by atoms with E-state index in [1.165, 1.54) is 16.9 Å². The Morgan fingerprint density at radius 1 is 1.40 bits per heavy atom. The van der Waals surface area contributed by atoms with Gasteiger partial charge in [-0.1, -0.05) is 12.1 Å². The molecule has 5 heteroatoms. The van der Waals surface area contributed by atoms with Crippen LogP contribution in [0.2, 0.25) is 0 Å². The first-order chi connectivity index (χ1) is 9.65. The van der Waals surface area contributed by atoms with Crippen molar-refractivity contribution in [1.29, 1.82) is 0 Å². The number of thiazole rings is 1. The summed E-state index contributed by atoms with van der Waals surface area (Å²) in [6, 6.07) is 4.06. The summed E-state index contributed by atoms with van der Waals surface area (Å²) in [5.41, 5.74) is 4.07. The first-order valence-electron chi connectivity index (χ1n) is 6.31. The molecule has 0 fully saturated rings. The third kappa shape index (κ3) is 2.32. The number of hydrogen-bond acceptors (Lipinski definition) is 4. The predicted molar refractivity (Wildman–Crippen MR) is 80.1 cm³/mol. The van der Waals surface area contributed by atoms with Crippen LogP contribution in [0.3, 0.4) is 0 Å². The van der Waals surface area contributed by atoms with Crippen molar-refractivity contribution in [3.05, 3.63) is 46.7 Å². The second-order valence-electron chi connectivity index (χ2n) is 4.71. The minimum Gasteiger partial charge on any atom is -0.464 e. The molecule has 2 heterocycles. The Morgan fingerprint density at radius 3 is 3.00 bits per heavy atom. The van der Waals surface area contributed by atoms with Crippen molar-refractivity contribution in [2.75, 3.05) is 5.32 Å². The largest absolute Gasteiger partial charge is 0.464 e. The summed E-state index contributed by atoms with van der Waals surface area (Å²) in [7, 11) is 0. The Balaban J connectivity index is 1.84. The van der Waals surface area contributed by atoms with Crippen LogP contribution in [-0.4, -0.2) is 10.9 Å². The molecule has 102 valence electrons. The number of anilines is 1. The van der Waals surface area contributed by atoms with Gasteiger partial charge in [-0.15, -0.1) is 11.3 Å². The molecule has 1 aromatic carbocycles. The lowest BCUT2D eigenvalue weighted by atomic mass is 10.0. The van der Waals surface area contributed by atoms with Crippen LogP contribution in [0.4, 0.5) is 5.13 Å². The Hall–Kier alpha value is -2.14. The Kier molecular flexibility index (Phi) is 3.28. The van der Waals surface area contributed by atoms with Crippen LogP contribution in [0.15, 0.2) is 34.4 Å². The van der Waals surface area contributed by atoms with Crippen molar-refractivity contribution < 1.29 is 9.21 Å². The average molecular weight is 286 g/mol. The summed E-state index contributed by atoms with van der Waals surface area (Å²) in [4.78, 5) is 16.0. The van der Waals surface area contributed by atoms with Crippen LogP contribution < -0.4 is 5.32 Å². The lowest BCUT2D eigenvalue weighted by Gasteiger charge is -2.02. The number of hydrogen-bond donors (Lipinski definition) is 1. The Morgan fingerprint density at radius 2 is 2.25 bits per heavy atom. The molecule has 0 spiro atoms. The van der Waals surface area contributed by atoms with E-state index in [1.54, 1.807) is 12.5 Å². The third-order valence-electron chi connectivity index (χ3n) is 3.37. The van der Waals surface area contributed by atoms with Crippen molar-refractivity contribution in [1.82, 2.24) is 4.98 Å². The lowest BCUT2D eigenvalue weighted by Crippen LogP contribution is -2.13. The maximum Gasteiger partial charge on any atom is 0.230 e. The van der Waals surface area contributed by atoms with E-state index in [2.05, 4.69) is 16.4 Å². The average Bonchev–Trinajstić information content (AvgIpc) is 3.04. The van der Waals surface area contributed by atoms with Gasteiger partial charge in [0, 0.05) is 22.5 Å². The number of aromatic nitrogens is 1. The molecule has 0 atom stereocenters. The monoisotopic (exact) mass is 286 g/mol. The highest BCUT2D eigenvalue weighted by atomic mass is 32.1. The molecule has 1 amide bonds. The predicted octanol–water partition coefficient (Wildman–Crippen LogP) is 3.69. The second kappa shape index (κ2) is 5.09. The van der Waals surface area contributed by atoms with E-state index >= 15 is 0 Å². The highest BCUT2D eigenvalue weighted by Crippen LogP contribution is 2.27. The topological polar surface area (TPSA) is 55.1 Å². The fraction of sp³-hybridized carbons (Fsp3) is 0.200. The fourth-order valence-electron chi connectivity index (χ4n) is 2.15. The summed E-state index contributed by atoms with van der Waals surface area (Å²) < 4.78 is 5.60. The molecular weight excluding hydrogens is 272 g/mol. The van der Waals surface area contributed by atoms with E-state index in [4.69, 9.17) is 4.42 Å². The van der Waals surface area contributed by atoms with Gasteiger partial charge in [0.25, 0.3) is 0 Å². The number of nitrogens with zero attached hydrogens (tertiary/aromatic N) is 1. The summed E-state index contributed by atoms with van der Waals surface area (Å²) in [6.45, 7) is 4.08. The number of aryl methyl sites for hydroxylation is 2. The van der Waals surface area contributed by atoms with Crippen LogP contribution >= 0.6 is 11.3 Å². The highest BCUT2D eigenvalue weighted by Gasteiger charge is 2.13. The second-order valence-corrected chi connectivity index (χ2v) is 5.60.